The van der Waals surface area contributed by atoms with Crippen LogP contribution < -0.4 is 14.9 Å². The Hall–Kier alpha value is -4.33. The van der Waals surface area contributed by atoms with Gasteiger partial charge in [-0.1, -0.05) is 30.3 Å². The van der Waals surface area contributed by atoms with Crippen molar-refractivity contribution in [3.63, 3.8) is 0 Å². The lowest BCUT2D eigenvalue weighted by Gasteiger charge is -2.13. The number of benzene rings is 2. The molecule has 8 nitrogen and oxygen atoms in total. The van der Waals surface area contributed by atoms with Gasteiger partial charge in [0.1, 0.15) is 41.4 Å². The van der Waals surface area contributed by atoms with E-state index in [4.69, 9.17) is 13.9 Å². The molecule has 0 unspecified atom stereocenters. The van der Waals surface area contributed by atoms with Crippen molar-refractivity contribution in [1.82, 2.24) is 19.1 Å². The highest BCUT2D eigenvalue weighted by Gasteiger charge is 2.15. The zero-order valence-electron chi connectivity index (χ0n) is 17.8. The Morgan fingerprint density at radius 1 is 0.848 bits per heavy atom. The Morgan fingerprint density at radius 2 is 1.55 bits per heavy atom. The Labute approximate surface area is 189 Å². The van der Waals surface area contributed by atoms with E-state index in [1.54, 1.807) is 37.2 Å². The van der Waals surface area contributed by atoms with Gasteiger partial charge in [-0.2, -0.15) is 0 Å². The van der Waals surface area contributed by atoms with Gasteiger partial charge in [-0.3, -0.25) is 4.79 Å². The molecule has 0 N–H and O–H groups in total. The molecular weight excluding hydrogens is 420 g/mol. The normalized spacial score (nSPS) is 11.0. The first-order chi connectivity index (χ1) is 16.3. The second kappa shape index (κ2) is 9.44. The van der Waals surface area contributed by atoms with Crippen LogP contribution in [-0.2, 0) is 13.1 Å². The van der Waals surface area contributed by atoms with Crippen molar-refractivity contribution in [2.75, 3.05) is 13.2 Å². The molecule has 0 saturated carbocycles. The summed E-state index contributed by atoms with van der Waals surface area (Å²) in [4.78, 5) is 21.1. The summed E-state index contributed by atoms with van der Waals surface area (Å²) in [5, 5.41) is 0.391. The molecule has 8 heteroatoms. The Kier molecular flexibility index (Phi) is 5.88. The third-order valence-electron chi connectivity index (χ3n) is 5.17. The minimum absolute atomic E-state index is 0.169. The van der Waals surface area contributed by atoms with E-state index < -0.39 is 0 Å². The van der Waals surface area contributed by atoms with E-state index in [-0.39, 0.29) is 5.43 Å². The van der Waals surface area contributed by atoms with Crippen LogP contribution in [0, 0.1) is 0 Å². The van der Waals surface area contributed by atoms with Crippen molar-refractivity contribution in [3.8, 4) is 22.8 Å². The molecule has 0 atom stereocenters. The maximum atomic E-state index is 13.1. The Morgan fingerprint density at radius 3 is 2.21 bits per heavy atom. The molecule has 0 saturated heterocycles. The lowest BCUT2D eigenvalue weighted by atomic mass is 10.1. The standard InChI is InChI=1S/C25H22N4O4/c30-21-16-22(19-4-2-1-3-5-19)33-24-15-20(31-12-10-28-8-6-26-17-28)14-23(25(21)24)32-13-11-29-9-7-27-18-29/h1-9,14-18H,10-13H2. The van der Waals surface area contributed by atoms with Crippen LogP contribution in [0.4, 0.5) is 0 Å². The molecule has 0 spiro atoms. The van der Waals surface area contributed by atoms with Crippen LogP contribution in [0.2, 0.25) is 0 Å². The number of aromatic nitrogens is 4. The number of hydrogen-bond donors (Lipinski definition) is 0. The summed E-state index contributed by atoms with van der Waals surface area (Å²) in [6.45, 7) is 2.03. The van der Waals surface area contributed by atoms with E-state index in [0.29, 0.717) is 54.5 Å². The molecule has 5 aromatic rings. The van der Waals surface area contributed by atoms with E-state index >= 15 is 0 Å². The average Bonchev–Trinajstić information content (AvgIpc) is 3.54. The number of fused-ring (bicyclic) bond motifs is 1. The molecule has 166 valence electrons. The van der Waals surface area contributed by atoms with Crippen molar-refractivity contribution in [2.45, 2.75) is 13.1 Å². The molecule has 2 aromatic carbocycles. The second-order valence-corrected chi connectivity index (χ2v) is 7.43. The maximum Gasteiger partial charge on any atom is 0.197 e. The van der Waals surface area contributed by atoms with Gasteiger partial charge in [-0.15, -0.1) is 0 Å². The smallest absolute Gasteiger partial charge is 0.197 e. The summed E-state index contributed by atoms with van der Waals surface area (Å²) in [5.74, 6) is 1.49. The van der Waals surface area contributed by atoms with Crippen LogP contribution in [0.15, 0.2) is 95.2 Å². The maximum absolute atomic E-state index is 13.1. The van der Waals surface area contributed by atoms with Crippen molar-refractivity contribution in [2.24, 2.45) is 0 Å². The van der Waals surface area contributed by atoms with E-state index in [1.807, 2.05) is 51.9 Å². The van der Waals surface area contributed by atoms with E-state index in [0.717, 1.165) is 5.56 Å². The third-order valence-corrected chi connectivity index (χ3v) is 5.17. The van der Waals surface area contributed by atoms with Gasteiger partial charge < -0.3 is 23.0 Å². The summed E-state index contributed by atoms with van der Waals surface area (Å²) >= 11 is 0. The molecule has 0 aliphatic heterocycles. The third kappa shape index (κ3) is 4.79. The van der Waals surface area contributed by atoms with Crippen LogP contribution >= 0.6 is 0 Å². The number of nitrogens with zero attached hydrogens (tertiary/aromatic N) is 4. The van der Waals surface area contributed by atoms with Gasteiger partial charge in [-0.25, -0.2) is 9.97 Å². The Balaban J connectivity index is 1.46. The van der Waals surface area contributed by atoms with Crippen molar-refractivity contribution < 1.29 is 13.9 Å². The molecule has 5 rings (SSSR count). The molecule has 3 aromatic heterocycles. The van der Waals surface area contributed by atoms with Crippen molar-refractivity contribution in [1.29, 1.82) is 0 Å². The fourth-order valence-electron chi connectivity index (χ4n) is 3.54. The summed E-state index contributed by atoms with van der Waals surface area (Å²) in [6.07, 6.45) is 10.6. The van der Waals surface area contributed by atoms with Gasteiger partial charge in [0.25, 0.3) is 0 Å². The van der Waals surface area contributed by atoms with Gasteiger partial charge in [0.15, 0.2) is 5.43 Å². The highest BCUT2D eigenvalue weighted by Crippen LogP contribution is 2.32. The van der Waals surface area contributed by atoms with E-state index in [9.17, 15) is 4.79 Å². The number of rotatable bonds is 9. The van der Waals surface area contributed by atoms with Gasteiger partial charge in [0.05, 0.1) is 25.7 Å². The highest BCUT2D eigenvalue weighted by molar-refractivity contribution is 5.86. The predicted octanol–water partition coefficient (Wildman–Crippen LogP) is 4.01. The van der Waals surface area contributed by atoms with Crippen molar-refractivity contribution in [3.05, 3.63) is 96.2 Å². The Bertz CT molecular complexity index is 1380. The molecule has 3 heterocycles. The molecule has 0 fully saturated rings. The topological polar surface area (TPSA) is 84.3 Å². The molecule has 33 heavy (non-hydrogen) atoms. The van der Waals surface area contributed by atoms with Gasteiger partial charge in [-0.05, 0) is 0 Å². The first-order valence-corrected chi connectivity index (χ1v) is 10.6. The second-order valence-electron chi connectivity index (χ2n) is 7.43. The summed E-state index contributed by atoms with van der Waals surface area (Å²) < 4.78 is 21.9. The zero-order valence-corrected chi connectivity index (χ0v) is 17.8. The molecule has 0 radical (unpaired) electrons. The summed E-state index contributed by atoms with van der Waals surface area (Å²) in [5.41, 5.74) is 1.07. The molecular formula is C25H22N4O4. The zero-order chi connectivity index (χ0) is 22.5. The summed E-state index contributed by atoms with van der Waals surface area (Å²) in [7, 11) is 0. The van der Waals surface area contributed by atoms with Gasteiger partial charge >= 0.3 is 0 Å². The highest BCUT2D eigenvalue weighted by atomic mass is 16.5. The van der Waals surface area contributed by atoms with Gasteiger partial charge in [0, 0.05) is 48.5 Å². The van der Waals surface area contributed by atoms with Crippen LogP contribution in [0.3, 0.4) is 0 Å². The van der Waals surface area contributed by atoms with Crippen LogP contribution in [0.25, 0.3) is 22.3 Å². The lowest BCUT2D eigenvalue weighted by Crippen LogP contribution is -2.10. The first-order valence-electron chi connectivity index (χ1n) is 10.6. The molecule has 0 bridgehead atoms. The minimum atomic E-state index is -0.169. The SMILES string of the molecule is O=c1cc(-c2ccccc2)oc2cc(OCCn3ccnc3)cc(OCCn3ccnc3)c12. The molecule has 0 amide bonds. The number of hydrogen-bond acceptors (Lipinski definition) is 6. The minimum Gasteiger partial charge on any atom is -0.491 e. The fraction of sp³-hybridized carbons (Fsp3) is 0.160. The van der Waals surface area contributed by atoms with Gasteiger partial charge in [0.2, 0.25) is 0 Å². The number of ether oxygens (including phenoxy) is 2. The van der Waals surface area contributed by atoms with E-state index in [2.05, 4.69) is 9.97 Å². The van der Waals surface area contributed by atoms with Crippen molar-refractivity contribution >= 4 is 11.0 Å². The van der Waals surface area contributed by atoms with Crippen LogP contribution in [0.5, 0.6) is 11.5 Å². The number of imidazole rings is 2. The molecule has 0 aliphatic rings. The van der Waals surface area contributed by atoms with Crippen LogP contribution in [0.1, 0.15) is 0 Å². The first kappa shape index (κ1) is 20.6. The van der Waals surface area contributed by atoms with E-state index in [1.165, 1.54) is 6.07 Å². The predicted molar refractivity (Wildman–Crippen MR) is 123 cm³/mol. The monoisotopic (exact) mass is 442 g/mol. The summed E-state index contributed by atoms with van der Waals surface area (Å²) in [6, 6.07) is 14.5. The fourth-order valence-corrected chi connectivity index (χ4v) is 3.54. The largest absolute Gasteiger partial charge is 0.491 e. The lowest BCUT2D eigenvalue weighted by molar-refractivity contribution is 0.285. The van der Waals surface area contributed by atoms with Crippen LogP contribution in [-0.4, -0.2) is 32.3 Å². The average molecular weight is 442 g/mol. The molecule has 0 aliphatic carbocycles. The quantitative estimate of drug-likeness (QED) is 0.343.